The van der Waals surface area contributed by atoms with Crippen molar-refractivity contribution in [1.82, 2.24) is 10.4 Å². The number of thiazole rings is 1. The van der Waals surface area contributed by atoms with E-state index in [0.717, 1.165) is 17.8 Å². The largest absolute Gasteiger partial charge is 0.271 e. The lowest BCUT2D eigenvalue weighted by atomic mass is 10.0. The van der Waals surface area contributed by atoms with Crippen molar-refractivity contribution < 1.29 is 0 Å². The molecule has 1 aromatic heterocycles. The Labute approximate surface area is 83.3 Å². The summed E-state index contributed by atoms with van der Waals surface area (Å²) < 4.78 is 0. The average molecular weight is 199 g/mol. The van der Waals surface area contributed by atoms with E-state index < -0.39 is 0 Å². The van der Waals surface area contributed by atoms with E-state index in [4.69, 9.17) is 5.84 Å². The van der Waals surface area contributed by atoms with Crippen LogP contribution in [0.4, 0.5) is 0 Å². The molecule has 1 rings (SSSR count). The molecule has 0 aromatic carbocycles. The maximum Gasteiger partial charge on any atom is 0.0940 e. The van der Waals surface area contributed by atoms with Crippen LogP contribution in [0, 0.1) is 5.92 Å². The first-order chi connectivity index (χ1) is 6.22. The van der Waals surface area contributed by atoms with Crippen molar-refractivity contribution in [3.05, 3.63) is 16.6 Å². The summed E-state index contributed by atoms with van der Waals surface area (Å²) in [4.78, 5) is 4.23. The zero-order valence-electron chi connectivity index (χ0n) is 8.16. The standard InChI is InChI=1S/C9H17N3S/c1-7(2)5-8(12-10)6-9-11-3-4-13-9/h3-4,7-8,12H,5-6,10H2,1-2H3. The third-order valence-electron chi connectivity index (χ3n) is 1.90. The lowest BCUT2D eigenvalue weighted by molar-refractivity contribution is 0.423. The molecule has 1 atom stereocenters. The Balaban J connectivity index is 2.40. The zero-order chi connectivity index (χ0) is 9.68. The summed E-state index contributed by atoms with van der Waals surface area (Å²) in [5.41, 5.74) is 2.84. The van der Waals surface area contributed by atoms with Gasteiger partial charge in [0.1, 0.15) is 0 Å². The molecule has 4 heteroatoms. The SMILES string of the molecule is CC(C)CC(Cc1nccs1)NN. The smallest absolute Gasteiger partial charge is 0.0940 e. The Hall–Kier alpha value is -0.450. The fourth-order valence-electron chi connectivity index (χ4n) is 1.34. The highest BCUT2D eigenvalue weighted by Gasteiger charge is 2.10. The monoisotopic (exact) mass is 199 g/mol. The molecule has 3 nitrogen and oxygen atoms in total. The Morgan fingerprint density at radius 3 is 2.85 bits per heavy atom. The number of hydrogen-bond donors (Lipinski definition) is 2. The third-order valence-corrected chi connectivity index (χ3v) is 2.70. The number of nitrogens with zero attached hydrogens (tertiary/aromatic N) is 1. The van der Waals surface area contributed by atoms with E-state index in [-0.39, 0.29) is 0 Å². The number of hydrogen-bond acceptors (Lipinski definition) is 4. The Kier molecular flexibility index (Phi) is 4.35. The fourth-order valence-corrected chi connectivity index (χ4v) is 2.04. The molecule has 0 radical (unpaired) electrons. The van der Waals surface area contributed by atoms with Crippen LogP contribution in [0.2, 0.25) is 0 Å². The summed E-state index contributed by atoms with van der Waals surface area (Å²) >= 11 is 1.69. The van der Waals surface area contributed by atoms with Gasteiger partial charge in [-0.3, -0.25) is 11.3 Å². The highest BCUT2D eigenvalue weighted by atomic mass is 32.1. The summed E-state index contributed by atoms with van der Waals surface area (Å²) in [5.74, 6) is 6.13. The second kappa shape index (κ2) is 5.32. The molecular weight excluding hydrogens is 182 g/mol. The van der Waals surface area contributed by atoms with Gasteiger partial charge in [-0.15, -0.1) is 11.3 Å². The molecular formula is C9H17N3S. The van der Waals surface area contributed by atoms with E-state index in [2.05, 4.69) is 24.3 Å². The molecule has 0 saturated heterocycles. The summed E-state index contributed by atoms with van der Waals surface area (Å²) in [6.45, 7) is 4.40. The second-order valence-electron chi connectivity index (χ2n) is 3.62. The van der Waals surface area contributed by atoms with Crippen molar-refractivity contribution in [3.63, 3.8) is 0 Å². The van der Waals surface area contributed by atoms with Gasteiger partial charge < -0.3 is 0 Å². The maximum absolute atomic E-state index is 5.46. The minimum absolute atomic E-state index is 0.353. The van der Waals surface area contributed by atoms with E-state index >= 15 is 0 Å². The van der Waals surface area contributed by atoms with Gasteiger partial charge in [0.05, 0.1) is 5.01 Å². The van der Waals surface area contributed by atoms with Crippen molar-refractivity contribution in [2.24, 2.45) is 11.8 Å². The fraction of sp³-hybridized carbons (Fsp3) is 0.667. The molecule has 1 aromatic rings. The molecule has 0 aliphatic heterocycles. The first-order valence-corrected chi connectivity index (χ1v) is 5.44. The molecule has 0 saturated carbocycles. The molecule has 0 bridgehead atoms. The minimum atomic E-state index is 0.353. The third kappa shape index (κ3) is 3.85. The van der Waals surface area contributed by atoms with Gasteiger partial charge in [-0.25, -0.2) is 4.98 Å². The minimum Gasteiger partial charge on any atom is -0.271 e. The molecule has 1 unspecified atom stereocenters. The van der Waals surface area contributed by atoms with E-state index in [9.17, 15) is 0 Å². The quantitative estimate of drug-likeness (QED) is 0.559. The van der Waals surface area contributed by atoms with E-state index in [0.29, 0.717) is 12.0 Å². The number of hydrazine groups is 1. The normalized spacial score (nSPS) is 13.5. The first-order valence-electron chi connectivity index (χ1n) is 4.57. The number of nitrogens with one attached hydrogen (secondary N) is 1. The van der Waals surface area contributed by atoms with Crippen LogP contribution < -0.4 is 11.3 Å². The van der Waals surface area contributed by atoms with E-state index in [1.807, 2.05) is 11.6 Å². The highest BCUT2D eigenvalue weighted by Crippen LogP contribution is 2.12. The molecule has 1 heterocycles. The number of rotatable bonds is 5. The van der Waals surface area contributed by atoms with Gasteiger partial charge in [-0.2, -0.15) is 0 Å². The van der Waals surface area contributed by atoms with Crippen LogP contribution in [-0.4, -0.2) is 11.0 Å². The van der Waals surface area contributed by atoms with Gasteiger partial charge in [0.15, 0.2) is 0 Å². The molecule has 0 aliphatic carbocycles. The van der Waals surface area contributed by atoms with Gasteiger partial charge in [-0.05, 0) is 12.3 Å². The van der Waals surface area contributed by atoms with Crippen molar-refractivity contribution in [2.75, 3.05) is 0 Å². The molecule has 74 valence electrons. The van der Waals surface area contributed by atoms with Crippen molar-refractivity contribution in [2.45, 2.75) is 32.7 Å². The van der Waals surface area contributed by atoms with Crippen LogP contribution in [0.15, 0.2) is 11.6 Å². The van der Waals surface area contributed by atoms with Crippen LogP contribution >= 0.6 is 11.3 Å². The Morgan fingerprint density at radius 1 is 1.62 bits per heavy atom. The van der Waals surface area contributed by atoms with Gasteiger partial charge in [0.2, 0.25) is 0 Å². The van der Waals surface area contributed by atoms with Gasteiger partial charge in [0.25, 0.3) is 0 Å². The van der Waals surface area contributed by atoms with Crippen LogP contribution in [0.1, 0.15) is 25.3 Å². The predicted molar refractivity (Wildman–Crippen MR) is 56.4 cm³/mol. The molecule has 0 amide bonds. The van der Waals surface area contributed by atoms with E-state index in [1.165, 1.54) is 0 Å². The van der Waals surface area contributed by atoms with Gasteiger partial charge >= 0.3 is 0 Å². The molecule has 0 spiro atoms. The van der Waals surface area contributed by atoms with Crippen molar-refractivity contribution >= 4 is 11.3 Å². The van der Waals surface area contributed by atoms with Crippen molar-refractivity contribution in [1.29, 1.82) is 0 Å². The van der Waals surface area contributed by atoms with Gasteiger partial charge in [-0.1, -0.05) is 13.8 Å². The van der Waals surface area contributed by atoms with Gasteiger partial charge in [0, 0.05) is 24.0 Å². The van der Waals surface area contributed by atoms with Crippen molar-refractivity contribution in [3.8, 4) is 0 Å². The van der Waals surface area contributed by atoms with Crippen LogP contribution in [-0.2, 0) is 6.42 Å². The van der Waals surface area contributed by atoms with Crippen LogP contribution in [0.3, 0.4) is 0 Å². The maximum atomic E-state index is 5.46. The Morgan fingerprint density at radius 2 is 2.38 bits per heavy atom. The second-order valence-corrected chi connectivity index (χ2v) is 4.60. The number of aromatic nitrogens is 1. The summed E-state index contributed by atoms with van der Waals surface area (Å²) in [6, 6.07) is 0.353. The lowest BCUT2D eigenvalue weighted by Gasteiger charge is -2.16. The van der Waals surface area contributed by atoms with E-state index in [1.54, 1.807) is 11.3 Å². The topological polar surface area (TPSA) is 50.9 Å². The predicted octanol–water partition coefficient (Wildman–Crippen LogP) is 1.56. The molecule has 0 fully saturated rings. The van der Waals surface area contributed by atoms with Crippen LogP contribution in [0.5, 0.6) is 0 Å². The summed E-state index contributed by atoms with van der Waals surface area (Å²) in [6.07, 6.45) is 3.87. The first kappa shape index (κ1) is 10.6. The van der Waals surface area contributed by atoms with Crippen LogP contribution in [0.25, 0.3) is 0 Å². The lowest BCUT2D eigenvalue weighted by Crippen LogP contribution is -2.37. The Bertz CT molecular complexity index is 221. The molecule has 0 aliphatic rings. The highest BCUT2D eigenvalue weighted by molar-refractivity contribution is 7.09. The molecule has 13 heavy (non-hydrogen) atoms. The molecule has 3 N–H and O–H groups in total. The number of nitrogens with two attached hydrogens (primary N) is 1. The summed E-state index contributed by atoms with van der Waals surface area (Å²) in [7, 11) is 0. The summed E-state index contributed by atoms with van der Waals surface area (Å²) in [5, 5.41) is 3.15. The average Bonchev–Trinajstić information content (AvgIpc) is 2.55. The zero-order valence-corrected chi connectivity index (χ0v) is 8.97.